The van der Waals surface area contributed by atoms with Crippen LogP contribution in [0.4, 0.5) is 24.5 Å². The number of fused-ring (bicyclic) bond motifs is 1. The quantitative estimate of drug-likeness (QED) is 0.829. The van der Waals surface area contributed by atoms with Gasteiger partial charge in [0.25, 0.3) is 0 Å². The number of para-hydroxylation sites is 1. The fourth-order valence-corrected chi connectivity index (χ4v) is 2.79. The molecule has 0 radical (unpaired) electrons. The molecule has 1 aliphatic heterocycles. The number of carbonyl (C=O) groups is 2. The lowest BCUT2D eigenvalue weighted by Gasteiger charge is -2.24. The van der Waals surface area contributed by atoms with Crippen molar-refractivity contribution in [2.24, 2.45) is 5.92 Å². The Morgan fingerprint density at radius 1 is 1.12 bits per heavy atom. The van der Waals surface area contributed by atoms with Crippen molar-refractivity contribution in [1.82, 2.24) is 0 Å². The molecule has 0 spiro atoms. The predicted octanol–water partition coefficient (Wildman–Crippen LogP) is 3.63. The lowest BCUT2D eigenvalue weighted by molar-refractivity contribution is -0.121. The number of rotatable bonds is 4. The number of anilines is 2. The van der Waals surface area contributed by atoms with E-state index in [1.807, 2.05) is 24.3 Å². The Kier molecular flexibility index (Phi) is 4.74. The van der Waals surface area contributed by atoms with E-state index >= 15 is 0 Å². The minimum Gasteiger partial charge on any atom is -0.326 e. The SMILES string of the molecule is O=C(CCC1Cc2ccccc2NC1=O)Nc1ccc(F)c(F)c1F. The maximum absolute atomic E-state index is 13.6. The van der Waals surface area contributed by atoms with Gasteiger partial charge >= 0.3 is 0 Å². The molecule has 0 saturated carbocycles. The highest BCUT2D eigenvalue weighted by molar-refractivity contribution is 5.96. The summed E-state index contributed by atoms with van der Waals surface area (Å²) in [4.78, 5) is 24.0. The maximum atomic E-state index is 13.6. The van der Waals surface area contributed by atoms with E-state index in [0.29, 0.717) is 6.42 Å². The van der Waals surface area contributed by atoms with Crippen molar-refractivity contribution in [2.45, 2.75) is 19.3 Å². The Bertz CT molecular complexity index is 839. The fraction of sp³-hybridized carbons (Fsp3) is 0.222. The zero-order chi connectivity index (χ0) is 18.0. The van der Waals surface area contributed by atoms with Gasteiger partial charge in [0, 0.05) is 18.0 Å². The summed E-state index contributed by atoms with van der Waals surface area (Å²) in [6, 6.07) is 9.09. The molecule has 1 unspecified atom stereocenters. The van der Waals surface area contributed by atoms with Crippen LogP contribution < -0.4 is 10.6 Å². The average molecular weight is 348 g/mol. The summed E-state index contributed by atoms with van der Waals surface area (Å²) in [6.07, 6.45) is 0.727. The van der Waals surface area contributed by atoms with Crippen LogP contribution in [0.3, 0.4) is 0 Å². The molecule has 0 saturated heterocycles. The van der Waals surface area contributed by atoms with Crippen molar-refractivity contribution in [3.63, 3.8) is 0 Å². The molecular formula is C18H15F3N2O2. The largest absolute Gasteiger partial charge is 0.326 e. The lowest BCUT2D eigenvalue weighted by atomic mass is 9.89. The number of benzene rings is 2. The molecule has 0 bridgehead atoms. The average Bonchev–Trinajstić information content (AvgIpc) is 2.60. The minimum atomic E-state index is -1.64. The second-order valence-electron chi connectivity index (χ2n) is 5.86. The summed E-state index contributed by atoms with van der Waals surface area (Å²) in [5.41, 5.74) is 1.32. The Morgan fingerprint density at radius 2 is 1.88 bits per heavy atom. The molecule has 25 heavy (non-hydrogen) atoms. The summed E-state index contributed by atoms with van der Waals surface area (Å²) in [6.45, 7) is 0. The van der Waals surface area contributed by atoms with Crippen LogP contribution in [0.5, 0.6) is 0 Å². The number of halogens is 3. The van der Waals surface area contributed by atoms with Gasteiger partial charge < -0.3 is 10.6 Å². The highest BCUT2D eigenvalue weighted by atomic mass is 19.2. The molecule has 3 rings (SSSR count). The first kappa shape index (κ1) is 17.0. The minimum absolute atomic E-state index is 0.0430. The molecule has 2 amide bonds. The topological polar surface area (TPSA) is 58.2 Å². The van der Waals surface area contributed by atoms with Crippen LogP contribution in [0.2, 0.25) is 0 Å². The molecule has 2 aromatic carbocycles. The standard InChI is InChI=1S/C18H15F3N2O2/c19-12-6-7-14(17(21)16(12)20)22-15(24)8-5-11-9-10-3-1-2-4-13(10)23-18(11)25/h1-4,6-7,11H,5,8-9H2,(H,22,24)(H,23,25). The molecule has 0 aromatic heterocycles. The molecule has 0 aliphatic carbocycles. The van der Waals surface area contributed by atoms with E-state index < -0.39 is 29.0 Å². The lowest BCUT2D eigenvalue weighted by Crippen LogP contribution is -2.30. The monoisotopic (exact) mass is 348 g/mol. The predicted molar refractivity (Wildman–Crippen MR) is 86.4 cm³/mol. The summed E-state index contributed by atoms with van der Waals surface area (Å²) in [7, 11) is 0. The molecule has 2 N–H and O–H groups in total. The molecule has 7 heteroatoms. The molecule has 1 heterocycles. The Hall–Kier alpha value is -2.83. The van der Waals surface area contributed by atoms with Crippen LogP contribution in [-0.2, 0) is 16.0 Å². The highest BCUT2D eigenvalue weighted by Gasteiger charge is 2.26. The van der Waals surface area contributed by atoms with E-state index in [0.717, 1.165) is 23.4 Å². The van der Waals surface area contributed by atoms with Gasteiger partial charge in [0.2, 0.25) is 11.8 Å². The van der Waals surface area contributed by atoms with Crippen LogP contribution in [0.1, 0.15) is 18.4 Å². The zero-order valence-electron chi connectivity index (χ0n) is 13.1. The summed E-state index contributed by atoms with van der Waals surface area (Å²) < 4.78 is 39.6. The van der Waals surface area contributed by atoms with Gasteiger partial charge in [-0.3, -0.25) is 9.59 Å². The highest BCUT2D eigenvalue weighted by Crippen LogP contribution is 2.28. The van der Waals surface area contributed by atoms with Crippen LogP contribution in [0.25, 0.3) is 0 Å². The van der Waals surface area contributed by atoms with Gasteiger partial charge in [0.1, 0.15) is 0 Å². The molecule has 0 fully saturated rings. The summed E-state index contributed by atoms with van der Waals surface area (Å²) >= 11 is 0. The van der Waals surface area contributed by atoms with E-state index in [4.69, 9.17) is 0 Å². The maximum Gasteiger partial charge on any atom is 0.227 e. The first-order valence-corrected chi connectivity index (χ1v) is 7.78. The van der Waals surface area contributed by atoms with Crippen molar-refractivity contribution in [1.29, 1.82) is 0 Å². The molecule has 1 atom stereocenters. The first-order chi connectivity index (χ1) is 12.0. The Morgan fingerprint density at radius 3 is 2.68 bits per heavy atom. The Labute approximate surface area is 142 Å². The van der Waals surface area contributed by atoms with Gasteiger partial charge in [-0.1, -0.05) is 18.2 Å². The third-order valence-electron chi connectivity index (χ3n) is 4.14. The number of hydrogen-bond donors (Lipinski definition) is 2. The van der Waals surface area contributed by atoms with E-state index in [2.05, 4.69) is 10.6 Å². The van der Waals surface area contributed by atoms with Crippen molar-refractivity contribution in [2.75, 3.05) is 10.6 Å². The van der Waals surface area contributed by atoms with E-state index in [1.165, 1.54) is 0 Å². The van der Waals surface area contributed by atoms with Gasteiger partial charge in [-0.2, -0.15) is 0 Å². The van der Waals surface area contributed by atoms with Crippen molar-refractivity contribution >= 4 is 23.2 Å². The summed E-state index contributed by atoms with van der Waals surface area (Å²) in [5, 5.41) is 4.98. The zero-order valence-corrected chi connectivity index (χ0v) is 13.1. The second kappa shape index (κ2) is 6.96. The van der Waals surface area contributed by atoms with E-state index in [9.17, 15) is 22.8 Å². The number of nitrogens with one attached hydrogen (secondary N) is 2. The van der Waals surface area contributed by atoms with Gasteiger partial charge in [0.05, 0.1) is 5.69 Å². The van der Waals surface area contributed by atoms with Gasteiger partial charge in [-0.15, -0.1) is 0 Å². The van der Waals surface area contributed by atoms with Gasteiger partial charge in [0.15, 0.2) is 17.5 Å². The molecule has 130 valence electrons. The van der Waals surface area contributed by atoms with Crippen molar-refractivity contribution in [3.05, 3.63) is 59.4 Å². The molecule has 4 nitrogen and oxygen atoms in total. The number of carbonyl (C=O) groups excluding carboxylic acids is 2. The van der Waals surface area contributed by atoms with Gasteiger partial charge in [-0.25, -0.2) is 13.2 Å². The van der Waals surface area contributed by atoms with Crippen molar-refractivity contribution < 1.29 is 22.8 Å². The number of hydrogen-bond acceptors (Lipinski definition) is 2. The molecule has 2 aromatic rings. The van der Waals surface area contributed by atoms with E-state index in [1.54, 1.807) is 0 Å². The third kappa shape index (κ3) is 3.65. The molecular weight excluding hydrogens is 333 g/mol. The smallest absolute Gasteiger partial charge is 0.227 e. The van der Waals surface area contributed by atoms with Crippen LogP contribution in [-0.4, -0.2) is 11.8 Å². The fourth-order valence-electron chi connectivity index (χ4n) is 2.79. The number of amides is 2. The second-order valence-corrected chi connectivity index (χ2v) is 5.86. The van der Waals surface area contributed by atoms with E-state index in [-0.39, 0.29) is 24.7 Å². The molecule has 1 aliphatic rings. The van der Waals surface area contributed by atoms with Crippen LogP contribution >= 0.6 is 0 Å². The van der Waals surface area contributed by atoms with Crippen LogP contribution in [0.15, 0.2) is 36.4 Å². The van der Waals surface area contributed by atoms with Crippen LogP contribution in [0, 0.1) is 23.4 Å². The van der Waals surface area contributed by atoms with Crippen molar-refractivity contribution in [3.8, 4) is 0 Å². The summed E-state index contributed by atoms with van der Waals surface area (Å²) in [5.74, 6) is -5.54. The van der Waals surface area contributed by atoms with Gasteiger partial charge in [-0.05, 0) is 36.6 Å². The third-order valence-corrected chi connectivity index (χ3v) is 4.14. The normalized spacial score (nSPS) is 16.1. The Balaban J connectivity index is 1.60. The first-order valence-electron chi connectivity index (χ1n) is 7.78.